The molecule has 2 rings (SSSR count). The quantitative estimate of drug-likeness (QED) is 0.898. The lowest BCUT2D eigenvalue weighted by molar-refractivity contribution is -0.149. The molecule has 1 fully saturated rings. The van der Waals surface area contributed by atoms with E-state index < -0.39 is 12.0 Å². The van der Waals surface area contributed by atoms with Gasteiger partial charge in [0.05, 0.1) is 0 Å². The number of thioether (sulfide) groups is 1. The highest BCUT2D eigenvalue weighted by Gasteiger charge is 2.31. The van der Waals surface area contributed by atoms with Gasteiger partial charge < -0.3 is 10.0 Å². The molecule has 1 heterocycles. The first-order valence-corrected chi connectivity index (χ1v) is 8.37. The van der Waals surface area contributed by atoms with Gasteiger partial charge in [-0.1, -0.05) is 28.1 Å². The van der Waals surface area contributed by atoms with E-state index in [0.717, 1.165) is 15.8 Å². The van der Waals surface area contributed by atoms with Gasteiger partial charge in [0.25, 0.3) is 0 Å². The van der Waals surface area contributed by atoms with E-state index >= 15 is 0 Å². The molecule has 6 heteroatoms. The van der Waals surface area contributed by atoms with Crippen molar-refractivity contribution in [3.05, 3.63) is 34.3 Å². The number of carboxylic acids is 1. The number of aryl methyl sites for hydroxylation is 1. The van der Waals surface area contributed by atoms with Crippen molar-refractivity contribution in [2.24, 2.45) is 0 Å². The molecular weight excluding hydrogens is 342 g/mol. The van der Waals surface area contributed by atoms with Crippen LogP contribution in [0.3, 0.4) is 0 Å². The van der Waals surface area contributed by atoms with Crippen molar-refractivity contribution < 1.29 is 14.7 Å². The molecule has 0 saturated carbocycles. The second kappa shape index (κ2) is 7.13. The van der Waals surface area contributed by atoms with Gasteiger partial charge in [0.15, 0.2) is 0 Å². The van der Waals surface area contributed by atoms with Crippen LogP contribution in [0, 0.1) is 0 Å². The van der Waals surface area contributed by atoms with E-state index in [1.54, 1.807) is 11.8 Å². The molecule has 0 spiro atoms. The van der Waals surface area contributed by atoms with Crippen molar-refractivity contribution in [3.8, 4) is 0 Å². The fraction of sp³-hybridized carbons (Fsp3) is 0.429. The molecule has 1 saturated heterocycles. The van der Waals surface area contributed by atoms with Crippen molar-refractivity contribution in [2.75, 3.05) is 18.1 Å². The maximum atomic E-state index is 12.2. The molecule has 20 heavy (non-hydrogen) atoms. The van der Waals surface area contributed by atoms with Crippen molar-refractivity contribution >= 4 is 39.6 Å². The number of amides is 1. The number of aliphatic carboxylic acids is 1. The van der Waals surface area contributed by atoms with E-state index in [1.165, 1.54) is 4.90 Å². The summed E-state index contributed by atoms with van der Waals surface area (Å²) >= 11 is 4.99. The molecule has 1 unspecified atom stereocenters. The lowest BCUT2D eigenvalue weighted by atomic mass is 10.1. The summed E-state index contributed by atoms with van der Waals surface area (Å²) in [5.41, 5.74) is 1.07. The van der Waals surface area contributed by atoms with Crippen LogP contribution in [0.15, 0.2) is 28.7 Å². The molecule has 0 aliphatic carbocycles. The number of hydrogen-bond acceptors (Lipinski definition) is 3. The highest BCUT2D eigenvalue weighted by molar-refractivity contribution is 9.10. The summed E-state index contributed by atoms with van der Waals surface area (Å²) in [6.07, 6.45) is 0.985. The zero-order valence-electron chi connectivity index (χ0n) is 10.9. The summed E-state index contributed by atoms with van der Waals surface area (Å²) in [5.74, 6) is 0.315. The van der Waals surface area contributed by atoms with Gasteiger partial charge in [0, 0.05) is 28.9 Å². The number of carbonyl (C=O) groups excluding carboxylic acids is 1. The summed E-state index contributed by atoms with van der Waals surface area (Å²) in [7, 11) is 0. The number of carbonyl (C=O) groups is 2. The zero-order valence-corrected chi connectivity index (χ0v) is 13.3. The van der Waals surface area contributed by atoms with Crippen LogP contribution in [0.5, 0.6) is 0 Å². The fourth-order valence-electron chi connectivity index (χ4n) is 2.19. The summed E-state index contributed by atoms with van der Waals surface area (Å²) in [4.78, 5) is 24.9. The van der Waals surface area contributed by atoms with Gasteiger partial charge >= 0.3 is 5.97 Å². The second-order valence-electron chi connectivity index (χ2n) is 4.65. The largest absolute Gasteiger partial charge is 0.480 e. The summed E-state index contributed by atoms with van der Waals surface area (Å²) in [5, 5.41) is 9.17. The number of hydrogen-bond donors (Lipinski definition) is 1. The molecule has 1 aliphatic rings. The number of nitrogens with zero attached hydrogens (tertiary/aromatic N) is 1. The summed E-state index contributed by atoms with van der Waals surface area (Å²) in [6, 6.07) is 7.14. The van der Waals surface area contributed by atoms with E-state index in [-0.39, 0.29) is 5.91 Å². The van der Waals surface area contributed by atoms with Crippen LogP contribution in [0.1, 0.15) is 12.0 Å². The number of benzene rings is 1. The van der Waals surface area contributed by atoms with Crippen LogP contribution in [0.25, 0.3) is 0 Å². The predicted octanol–water partition coefficient (Wildman–Crippen LogP) is 2.41. The molecule has 0 aromatic heterocycles. The van der Waals surface area contributed by atoms with Gasteiger partial charge in [-0.2, -0.15) is 11.8 Å². The minimum Gasteiger partial charge on any atom is -0.480 e. The van der Waals surface area contributed by atoms with Crippen molar-refractivity contribution in [1.29, 1.82) is 0 Å². The van der Waals surface area contributed by atoms with Crippen LogP contribution >= 0.6 is 27.7 Å². The summed E-state index contributed by atoms with van der Waals surface area (Å²) in [6.45, 7) is 0.527. The SMILES string of the molecule is O=C(O)C1CSCCN1C(=O)CCc1cccc(Br)c1. The Hall–Kier alpha value is -1.01. The van der Waals surface area contributed by atoms with Crippen molar-refractivity contribution in [1.82, 2.24) is 4.90 Å². The van der Waals surface area contributed by atoms with E-state index in [4.69, 9.17) is 5.11 Å². The van der Waals surface area contributed by atoms with E-state index in [1.807, 2.05) is 24.3 Å². The Labute approximate surface area is 130 Å². The standard InChI is InChI=1S/C14H16BrNO3S/c15-11-3-1-2-10(8-11)4-5-13(17)16-6-7-20-9-12(16)14(18)19/h1-3,8,12H,4-7,9H2,(H,18,19). The minimum absolute atomic E-state index is 0.0716. The third kappa shape index (κ3) is 3.99. The maximum Gasteiger partial charge on any atom is 0.327 e. The van der Waals surface area contributed by atoms with Crippen molar-refractivity contribution in [3.63, 3.8) is 0 Å². The predicted molar refractivity (Wildman–Crippen MR) is 82.9 cm³/mol. The third-order valence-electron chi connectivity index (χ3n) is 3.25. The average Bonchev–Trinajstić information content (AvgIpc) is 2.45. The smallest absolute Gasteiger partial charge is 0.327 e. The van der Waals surface area contributed by atoms with Gasteiger partial charge in [0.1, 0.15) is 6.04 Å². The molecule has 1 aromatic rings. The second-order valence-corrected chi connectivity index (χ2v) is 6.71. The molecule has 1 aromatic carbocycles. The Bertz CT molecular complexity index is 509. The van der Waals surface area contributed by atoms with E-state index in [0.29, 0.717) is 25.1 Å². The molecule has 1 aliphatic heterocycles. The number of halogens is 1. The van der Waals surface area contributed by atoms with Crippen LogP contribution < -0.4 is 0 Å². The molecule has 0 radical (unpaired) electrons. The normalized spacial score (nSPS) is 18.9. The monoisotopic (exact) mass is 357 g/mol. The van der Waals surface area contributed by atoms with Crippen LogP contribution in [-0.2, 0) is 16.0 Å². The highest BCUT2D eigenvalue weighted by atomic mass is 79.9. The first-order valence-electron chi connectivity index (χ1n) is 6.42. The fourth-order valence-corrected chi connectivity index (χ4v) is 3.68. The Balaban J connectivity index is 1.95. The summed E-state index contributed by atoms with van der Waals surface area (Å²) < 4.78 is 0.986. The van der Waals surface area contributed by atoms with E-state index in [9.17, 15) is 9.59 Å². The lowest BCUT2D eigenvalue weighted by Crippen LogP contribution is -2.50. The Morgan fingerprint density at radius 2 is 2.25 bits per heavy atom. The minimum atomic E-state index is -0.909. The molecule has 1 amide bonds. The maximum absolute atomic E-state index is 12.2. The molecule has 1 N–H and O–H groups in total. The van der Waals surface area contributed by atoms with Gasteiger partial charge in [0.2, 0.25) is 5.91 Å². The first kappa shape index (κ1) is 15.4. The molecule has 108 valence electrons. The average molecular weight is 358 g/mol. The van der Waals surface area contributed by atoms with Gasteiger partial charge in [-0.25, -0.2) is 4.79 Å². The van der Waals surface area contributed by atoms with Crippen LogP contribution in [0.4, 0.5) is 0 Å². The highest BCUT2D eigenvalue weighted by Crippen LogP contribution is 2.19. The van der Waals surface area contributed by atoms with E-state index in [2.05, 4.69) is 15.9 Å². The topological polar surface area (TPSA) is 57.6 Å². The first-order chi connectivity index (χ1) is 9.58. The Morgan fingerprint density at radius 3 is 2.95 bits per heavy atom. The molecule has 1 atom stereocenters. The lowest BCUT2D eigenvalue weighted by Gasteiger charge is -2.32. The van der Waals surface area contributed by atoms with Crippen molar-refractivity contribution in [2.45, 2.75) is 18.9 Å². The zero-order chi connectivity index (χ0) is 14.5. The molecule has 0 bridgehead atoms. The molecule has 4 nitrogen and oxygen atoms in total. The number of rotatable bonds is 4. The van der Waals surface area contributed by atoms with Gasteiger partial charge in [-0.15, -0.1) is 0 Å². The van der Waals surface area contributed by atoms with Crippen LogP contribution in [0.2, 0.25) is 0 Å². The Morgan fingerprint density at radius 1 is 1.45 bits per heavy atom. The van der Waals surface area contributed by atoms with Crippen LogP contribution in [-0.4, -0.2) is 46.0 Å². The van der Waals surface area contributed by atoms with Gasteiger partial charge in [-0.05, 0) is 24.1 Å². The molecular formula is C14H16BrNO3S. The van der Waals surface area contributed by atoms with Gasteiger partial charge in [-0.3, -0.25) is 4.79 Å². The third-order valence-corrected chi connectivity index (χ3v) is 4.77. The Kier molecular flexibility index (Phi) is 5.48. The number of carboxylic acid groups (broad SMARTS) is 1.